The van der Waals surface area contributed by atoms with Gasteiger partial charge in [-0.2, -0.15) is 0 Å². The molecule has 1 atom stereocenters. The maximum atomic E-state index is 12.5. The van der Waals surface area contributed by atoms with Crippen LogP contribution >= 0.6 is 0 Å². The van der Waals surface area contributed by atoms with Crippen molar-refractivity contribution in [3.63, 3.8) is 0 Å². The van der Waals surface area contributed by atoms with E-state index in [0.717, 1.165) is 42.7 Å². The first-order valence-corrected chi connectivity index (χ1v) is 9.63. The quantitative estimate of drug-likeness (QED) is 0.711. The van der Waals surface area contributed by atoms with Gasteiger partial charge in [-0.3, -0.25) is 4.79 Å². The Morgan fingerprint density at radius 3 is 2.39 bits per heavy atom. The van der Waals surface area contributed by atoms with E-state index in [2.05, 4.69) is 10.2 Å². The van der Waals surface area contributed by atoms with Gasteiger partial charge in [0.25, 0.3) is 0 Å². The number of amides is 1. The molecular formula is C22H26N2O4. The van der Waals surface area contributed by atoms with Crippen LogP contribution < -0.4 is 10.2 Å². The van der Waals surface area contributed by atoms with Crippen LogP contribution in [0.1, 0.15) is 53.7 Å². The van der Waals surface area contributed by atoms with Gasteiger partial charge in [-0.15, -0.1) is 0 Å². The molecule has 0 bridgehead atoms. The number of phenols is 1. The smallest absolute Gasteiger partial charge is 0.335 e. The summed E-state index contributed by atoms with van der Waals surface area (Å²) in [4.78, 5) is 25.7. The Balaban J connectivity index is 1.69. The molecule has 0 aliphatic carbocycles. The normalized spacial score (nSPS) is 15.1. The minimum Gasteiger partial charge on any atom is -0.508 e. The molecule has 148 valence electrons. The van der Waals surface area contributed by atoms with Crippen molar-refractivity contribution in [2.24, 2.45) is 0 Å². The Hall–Kier alpha value is -3.02. The summed E-state index contributed by atoms with van der Waals surface area (Å²) in [5, 5.41) is 21.9. The SMILES string of the molecule is CC(NC(=O)Cc1ccc(C(=O)O)cc1)c1cc(O)ccc1N1CCCCC1. The Morgan fingerprint density at radius 1 is 1.07 bits per heavy atom. The number of carbonyl (C=O) groups is 2. The fourth-order valence-electron chi connectivity index (χ4n) is 3.63. The number of hydrogen-bond acceptors (Lipinski definition) is 4. The summed E-state index contributed by atoms with van der Waals surface area (Å²) in [5.41, 5.74) is 2.90. The largest absolute Gasteiger partial charge is 0.508 e. The standard InChI is InChI=1S/C22H26N2O4/c1-15(23-21(26)13-16-5-7-17(8-6-16)22(27)28)19-14-18(25)9-10-20(19)24-11-3-2-4-12-24/h5-10,14-15,25H,2-4,11-13H2,1H3,(H,23,26)(H,27,28). The first-order chi connectivity index (χ1) is 13.4. The summed E-state index contributed by atoms with van der Waals surface area (Å²) in [5.74, 6) is -0.955. The van der Waals surface area contributed by atoms with Gasteiger partial charge in [-0.1, -0.05) is 12.1 Å². The number of aromatic carboxylic acids is 1. The van der Waals surface area contributed by atoms with Crippen molar-refractivity contribution >= 4 is 17.6 Å². The zero-order valence-electron chi connectivity index (χ0n) is 16.0. The van der Waals surface area contributed by atoms with Gasteiger partial charge in [0.2, 0.25) is 5.91 Å². The van der Waals surface area contributed by atoms with Gasteiger partial charge in [0.05, 0.1) is 18.0 Å². The number of nitrogens with one attached hydrogen (secondary N) is 1. The van der Waals surface area contributed by atoms with Crippen molar-refractivity contribution in [3.05, 3.63) is 59.2 Å². The number of carbonyl (C=O) groups excluding carboxylic acids is 1. The molecule has 1 unspecified atom stereocenters. The van der Waals surface area contributed by atoms with E-state index in [4.69, 9.17) is 5.11 Å². The molecule has 1 saturated heterocycles. The molecule has 0 aromatic heterocycles. The second kappa shape index (κ2) is 8.78. The van der Waals surface area contributed by atoms with Gasteiger partial charge in [-0.05, 0) is 62.1 Å². The monoisotopic (exact) mass is 382 g/mol. The van der Waals surface area contributed by atoms with E-state index in [1.165, 1.54) is 18.6 Å². The number of hydrogen-bond donors (Lipinski definition) is 3. The lowest BCUT2D eigenvalue weighted by molar-refractivity contribution is -0.121. The number of carboxylic acid groups (broad SMARTS) is 1. The molecule has 0 saturated carbocycles. The fourth-order valence-corrected chi connectivity index (χ4v) is 3.63. The predicted octanol–water partition coefficient (Wildman–Crippen LogP) is 3.50. The molecule has 28 heavy (non-hydrogen) atoms. The molecule has 6 nitrogen and oxygen atoms in total. The first-order valence-electron chi connectivity index (χ1n) is 9.63. The minimum atomic E-state index is -0.987. The van der Waals surface area contributed by atoms with Crippen LogP contribution in [0.4, 0.5) is 5.69 Å². The summed E-state index contributed by atoms with van der Waals surface area (Å²) >= 11 is 0. The van der Waals surface area contributed by atoms with Crippen LogP contribution in [0.15, 0.2) is 42.5 Å². The molecule has 1 fully saturated rings. The molecule has 1 aliphatic heterocycles. The summed E-state index contributed by atoms with van der Waals surface area (Å²) < 4.78 is 0. The van der Waals surface area contributed by atoms with Gasteiger partial charge in [-0.25, -0.2) is 4.79 Å². The number of aromatic hydroxyl groups is 1. The van der Waals surface area contributed by atoms with Crippen molar-refractivity contribution in [2.45, 2.75) is 38.6 Å². The molecule has 1 heterocycles. The molecular weight excluding hydrogens is 356 g/mol. The highest BCUT2D eigenvalue weighted by molar-refractivity contribution is 5.87. The number of carboxylic acids is 1. The zero-order chi connectivity index (χ0) is 20.1. The van der Waals surface area contributed by atoms with Crippen molar-refractivity contribution in [3.8, 4) is 5.75 Å². The van der Waals surface area contributed by atoms with Crippen LogP contribution in [0, 0.1) is 0 Å². The fraction of sp³-hybridized carbons (Fsp3) is 0.364. The summed E-state index contributed by atoms with van der Waals surface area (Å²) in [7, 11) is 0. The number of anilines is 1. The Morgan fingerprint density at radius 2 is 1.75 bits per heavy atom. The molecule has 2 aromatic carbocycles. The van der Waals surface area contributed by atoms with E-state index < -0.39 is 5.97 Å². The zero-order valence-corrected chi connectivity index (χ0v) is 16.0. The molecule has 6 heteroatoms. The van der Waals surface area contributed by atoms with Gasteiger partial charge in [0.15, 0.2) is 0 Å². The molecule has 0 radical (unpaired) electrons. The third kappa shape index (κ3) is 4.82. The minimum absolute atomic E-state index is 0.150. The number of phenolic OH excluding ortho intramolecular Hbond substituents is 1. The van der Waals surface area contributed by atoms with Gasteiger partial charge in [0, 0.05) is 24.3 Å². The highest BCUT2D eigenvalue weighted by atomic mass is 16.4. The van der Waals surface area contributed by atoms with Crippen LogP contribution in [-0.4, -0.2) is 35.2 Å². The molecule has 3 rings (SSSR count). The molecule has 0 spiro atoms. The number of rotatable bonds is 6. The first kappa shape index (κ1) is 19.7. The van der Waals surface area contributed by atoms with Crippen LogP contribution in [-0.2, 0) is 11.2 Å². The van der Waals surface area contributed by atoms with Gasteiger partial charge < -0.3 is 20.4 Å². The topological polar surface area (TPSA) is 89.9 Å². The van der Waals surface area contributed by atoms with E-state index in [1.807, 2.05) is 13.0 Å². The highest BCUT2D eigenvalue weighted by Gasteiger charge is 2.20. The van der Waals surface area contributed by atoms with E-state index in [0.29, 0.717) is 0 Å². The maximum Gasteiger partial charge on any atom is 0.335 e. The third-order valence-electron chi connectivity index (χ3n) is 5.12. The third-order valence-corrected chi connectivity index (χ3v) is 5.12. The van der Waals surface area contributed by atoms with E-state index in [9.17, 15) is 14.7 Å². The van der Waals surface area contributed by atoms with Crippen LogP contribution in [0.3, 0.4) is 0 Å². The Kier molecular flexibility index (Phi) is 6.19. The molecule has 1 amide bonds. The number of nitrogens with zero attached hydrogens (tertiary/aromatic N) is 1. The van der Waals surface area contributed by atoms with Crippen molar-refractivity contribution in [1.82, 2.24) is 5.32 Å². The molecule has 2 aromatic rings. The number of benzene rings is 2. The Labute approximate surface area is 164 Å². The van der Waals surface area contributed by atoms with E-state index in [1.54, 1.807) is 24.3 Å². The average molecular weight is 382 g/mol. The van der Waals surface area contributed by atoms with Crippen molar-refractivity contribution < 1.29 is 19.8 Å². The lowest BCUT2D eigenvalue weighted by atomic mass is 10.0. The average Bonchev–Trinajstić information content (AvgIpc) is 2.69. The summed E-state index contributed by atoms with van der Waals surface area (Å²) in [6.07, 6.45) is 3.69. The summed E-state index contributed by atoms with van der Waals surface area (Å²) in [6.45, 7) is 3.87. The van der Waals surface area contributed by atoms with E-state index in [-0.39, 0.29) is 29.7 Å². The van der Waals surface area contributed by atoms with E-state index >= 15 is 0 Å². The van der Waals surface area contributed by atoms with Crippen LogP contribution in [0.2, 0.25) is 0 Å². The van der Waals surface area contributed by atoms with Crippen LogP contribution in [0.5, 0.6) is 5.75 Å². The second-order valence-corrected chi connectivity index (χ2v) is 7.26. The molecule has 3 N–H and O–H groups in total. The summed E-state index contributed by atoms with van der Waals surface area (Å²) in [6, 6.07) is 11.4. The highest BCUT2D eigenvalue weighted by Crippen LogP contribution is 2.31. The van der Waals surface area contributed by atoms with Crippen molar-refractivity contribution in [2.75, 3.05) is 18.0 Å². The van der Waals surface area contributed by atoms with Gasteiger partial charge >= 0.3 is 5.97 Å². The van der Waals surface area contributed by atoms with Crippen LogP contribution in [0.25, 0.3) is 0 Å². The maximum absolute atomic E-state index is 12.5. The number of piperidine rings is 1. The lowest BCUT2D eigenvalue weighted by Crippen LogP contribution is -2.33. The predicted molar refractivity (Wildman–Crippen MR) is 108 cm³/mol. The second-order valence-electron chi connectivity index (χ2n) is 7.26. The Bertz CT molecular complexity index is 842. The molecule has 1 aliphatic rings. The lowest BCUT2D eigenvalue weighted by Gasteiger charge is -2.32. The van der Waals surface area contributed by atoms with Gasteiger partial charge in [0.1, 0.15) is 5.75 Å². The van der Waals surface area contributed by atoms with Crippen molar-refractivity contribution in [1.29, 1.82) is 0 Å².